The molecular weight excluding hydrogens is 578 g/mol. The molecule has 2 atom stereocenters. The maximum Gasteiger partial charge on any atom is 0.341 e. The van der Waals surface area contributed by atoms with E-state index in [1.807, 2.05) is 18.2 Å². The second-order valence-electron chi connectivity index (χ2n) is 10.7. The molecule has 45 heavy (non-hydrogen) atoms. The molecule has 2 aliphatic heterocycles. The molecule has 4 aromatic carbocycles. The number of carbonyl (C=O) groups is 3. The van der Waals surface area contributed by atoms with Crippen molar-refractivity contribution in [3.63, 3.8) is 0 Å². The number of primary amides is 1. The Bertz CT molecular complexity index is 1760. The topological polar surface area (TPSA) is 194 Å². The van der Waals surface area contributed by atoms with E-state index in [2.05, 4.69) is 24.4 Å². The molecular formula is C34H33N3O8. The first-order chi connectivity index (χ1) is 22.0. The molecule has 0 aromatic heterocycles. The molecule has 0 fully saturated rings. The maximum absolute atomic E-state index is 13.0. The fourth-order valence-corrected chi connectivity index (χ4v) is 5.62. The zero-order valence-electron chi connectivity index (χ0n) is 25.3. The summed E-state index contributed by atoms with van der Waals surface area (Å²) in [6.07, 6.45) is 1.67. The molecule has 0 saturated carbocycles. The third-order valence-corrected chi connectivity index (χ3v) is 7.52. The monoisotopic (exact) mass is 612 g/mol. The molecule has 232 valence electrons. The number of carbonyl (C=O) groups excluding carboxylic acids is 2. The number of phenolic OH excluding ortho intramolecular Hbond substituents is 2. The summed E-state index contributed by atoms with van der Waals surface area (Å²) in [7, 11) is 0. The van der Waals surface area contributed by atoms with Gasteiger partial charge < -0.3 is 41.6 Å². The lowest BCUT2D eigenvalue weighted by Gasteiger charge is -2.36. The Morgan fingerprint density at radius 1 is 0.956 bits per heavy atom. The molecule has 1 spiro atoms. The SMILES string of the molecule is NC(=O)c1c(C(=O)O)ccc2c1C(=O)OC21c2ccc(O)cc2Oc2cc(O)ccc21.[2H]C(CCN)NC(C)Cc1ccccc1. The van der Waals surface area contributed by atoms with E-state index in [1.165, 1.54) is 54.1 Å². The highest BCUT2D eigenvalue weighted by atomic mass is 16.6. The third kappa shape index (κ3) is 5.91. The lowest BCUT2D eigenvalue weighted by molar-refractivity contribution is 0.0223. The van der Waals surface area contributed by atoms with Crippen LogP contribution in [0.3, 0.4) is 0 Å². The predicted molar refractivity (Wildman–Crippen MR) is 165 cm³/mol. The van der Waals surface area contributed by atoms with E-state index in [1.54, 1.807) is 0 Å². The van der Waals surface area contributed by atoms with Crippen LogP contribution in [0, 0.1) is 0 Å². The van der Waals surface area contributed by atoms with Crippen LogP contribution in [-0.2, 0) is 16.8 Å². The van der Waals surface area contributed by atoms with Crippen LogP contribution in [0.5, 0.6) is 23.0 Å². The zero-order valence-corrected chi connectivity index (χ0v) is 24.3. The number of phenols is 2. The first-order valence-corrected chi connectivity index (χ1v) is 14.2. The standard InChI is InChI=1S/C22H13NO8.C12H20N2/c23-19(26)17-11(20(27)28)3-6-14-18(17)21(29)31-22(14)12-4-1-9(24)7-15(12)30-16-8-10(25)2-5-13(16)22;1-11(14-9-5-8-13)10-12-6-3-2-4-7-12/h1-8,24-25H,(H2,23,26)(H,27,28);2-4,6-7,11,14H,5,8-10,13H2,1H3/i;9D. The molecule has 1 amide bonds. The van der Waals surface area contributed by atoms with Crippen molar-refractivity contribution in [2.24, 2.45) is 11.5 Å². The first kappa shape index (κ1) is 29.7. The molecule has 8 N–H and O–H groups in total. The first-order valence-electron chi connectivity index (χ1n) is 14.7. The normalized spacial score (nSPS) is 15.2. The number of hydrogen-bond acceptors (Lipinski definition) is 9. The average molecular weight is 613 g/mol. The fraction of sp³-hybridized carbons (Fsp3) is 0.206. The summed E-state index contributed by atoms with van der Waals surface area (Å²) < 4.78 is 19.3. The molecule has 0 saturated heterocycles. The Kier molecular flexibility index (Phi) is 8.37. The molecule has 2 heterocycles. The van der Waals surface area contributed by atoms with Gasteiger partial charge >= 0.3 is 11.9 Å². The number of carboxylic acid groups (broad SMARTS) is 1. The van der Waals surface area contributed by atoms with Gasteiger partial charge in [-0.05, 0) is 68.7 Å². The second kappa shape index (κ2) is 12.7. The average Bonchev–Trinajstić information content (AvgIpc) is 3.29. The van der Waals surface area contributed by atoms with Gasteiger partial charge in [0, 0.05) is 36.2 Å². The number of carboxylic acids is 1. The highest BCUT2D eigenvalue weighted by Crippen LogP contribution is 2.57. The zero-order chi connectivity index (χ0) is 33.2. The summed E-state index contributed by atoms with van der Waals surface area (Å²) in [5, 5.41) is 32.5. The summed E-state index contributed by atoms with van der Waals surface area (Å²) in [4.78, 5) is 36.8. The van der Waals surface area contributed by atoms with Gasteiger partial charge in [-0.15, -0.1) is 0 Å². The second-order valence-corrected chi connectivity index (χ2v) is 10.7. The van der Waals surface area contributed by atoms with Crippen LogP contribution < -0.4 is 21.5 Å². The number of amides is 1. The Balaban J connectivity index is 0.000000235. The van der Waals surface area contributed by atoms with Crippen molar-refractivity contribution in [3.8, 4) is 23.0 Å². The van der Waals surface area contributed by atoms with Crippen molar-refractivity contribution in [1.82, 2.24) is 5.32 Å². The number of nitrogens with one attached hydrogen (secondary N) is 1. The number of aromatic carboxylic acids is 1. The van der Waals surface area contributed by atoms with Crippen LogP contribution >= 0.6 is 0 Å². The predicted octanol–water partition coefficient (Wildman–Crippen LogP) is 4.02. The summed E-state index contributed by atoms with van der Waals surface area (Å²) in [6, 6.07) is 21.6. The van der Waals surface area contributed by atoms with E-state index >= 15 is 0 Å². The van der Waals surface area contributed by atoms with Gasteiger partial charge in [0.1, 0.15) is 23.0 Å². The van der Waals surface area contributed by atoms with Crippen LogP contribution in [0.25, 0.3) is 0 Å². The molecule has 0 aliphatic carbocycles. The molecule has 6 rings (SSSR count). The van der Waals surface area contributed by atoms with Gasteiger partial charge in [0.15, 0.2) is 5.60 Å². The number of fused-ring (bicyclic) bond motifs is 6. The summed E-state index contributed by atoms with van der Waals surface area (Å²) in [5.41, 5.74) is 10.3. The fourth-order valence-electron chi connectivity index (χ4n) is 5.62. The van der Waals surface area contributed by atoms with Gasteiger partial charge in [-0.1, -0.05) is 36.4 Å². The van der Waals surface area contributed by atoms with Gasteiger partial charge in [0.2, 0.25) is 5.91 Å². The van der Waals surface area contributed by atoms with Crippen LogP contribution in [-0.4, -0.2) is 52.3 Å². The van der Waals surface area contributed by atoms with Crippen LogP contribution in [0.2, 0.25) is 0 Å². The summed E-state index contributed by atoms with van der Waals surface area (Å²) in [5.74, 6) is -3.36. The third-order valence-electron chi connectivity index (χ3n) is 7.52. The Hall–Kier alpha value is -5.39. The van der Waals surface area contributed by atoms with E-state index in [-0.39, 0.29) is 40.6 Å². The van der Waals surface area contributed by atoms with E-state index in [4.69, 9.17) is 22.3 Å². The minimum atomic E-state index is -1.61. The Morgan fingerprint density at radius 3 is 2.11 bits per heavy atom. The summed E-state index contributed by atoms with van der Waals surface area (Å²) >= 11 is 0. The van der Waals surface area contributed by atoms with Crippen LogP contribution in [0.1, 0.15) is 68.0 Å². The number of aromatic hydroxyl groups is 2. The molecule has 2 unspecified atom stereocenters. The number of esters is 1. The van der Waals surface area contributed by atoms with Crippen molar-refractivity contribution < 1.29 is 40.5 Å². The van der Waals surface area contributed by atoms with Gasteiger partial charge in [-0.25, -0.2) is 9.59 Å². The number of rotatable bonds is 8. The van der Waals surface area contributed by atoms with Crippen molar-refractivity contribution in [1.29, 1.82) is 0 Å². The molecule has 11 heteroatoms. The van der Waals surface area contributed by atoms with E-state index < -0.39 is 34.6 Å². The van der Waals surface area contributed by atoms with Gasteiger partial charge in [0.25, 0.3) is 0 Å². The molecule has 11 nitrogen and oxygen atoms in total. The van der Waals surface area contributed by atoms with E-state index in [0.29, 0.717) is 30.1 Å². The van der Waals surface area contributed by atoms with E-state index in [0.717, 1.165) is 6.42 Å². The lowest BCUT2D eigenvalue weighted by Crippen LogP contribution is -2.33. The Labute approximate surface area is 260 Å². The highest BCUT2D eigenvalue weighted by molar-refractivity contribution is 6.13. The minimum absolute atomic E-state index is 0.110. The van der Waals surface area contributed by atoms with Gasteiger partial charge in [-0.2, -0.15) is 0 Å². The number of benzene rings is 4. The maximum atomic E-state index is 13.0. The van der Waals surface area contributed by atoms with Crippen molar-refractivity contribution in [3.05, 3.63) is 118 Å². The number of ether oxygens (including phenoxy) is 2. The molecule has 0 radical (unpaired) electrons. The number of hydrogen-bond donors (Lipinski definition) is 6. The Morgan fingerprint density at radius 2 is 1.56 bits per heavy atom. The van der Waals surface area contributed by atoms with Crippen LogP contribution in [0.4, 0.5) is 0 Å². The van der Waals surface area contributed by atoms with Crippen molar-refractivity contribution >= 4 is 17.8 Å². The number of nitrogens with two attached hydrogens (primary N) is 2. The molecule has 2 aliphatic rings. The van der Waals surface area contributed by atoms with Gasteiger partial charge in [-0.3, -0.25) is 4.79 Å². The largest absolute Gasteiger partial charge is 0.508 e. The van der Waals surface area contributed by atoms with Crippen molar-refractivity contribution in [2.75, 3.05) is 13.1 Å². The van der Waals surface area contributed by atoms with Crippen molar-refractivity contribution in [2.45, 2.75) is 31.4 Å². The quantitative estimate of drug-likeness (QED) is 0.158. The highest BCUT2D eigenvalue weighted by Gasteiger charge is 2.55. The van der Waals surface area contributed by atoms with Crippen LogP contribution in [0.15, 0.2) is 78.9 Å². The lowest BCUT2D eigenvalue weighted by atomic mass is 9.76. The van der Waals surface area contributed by atoms with E-state index in [9.17, 15) is 29.7 Å². The van der Waals surface area contributed by atoms with Gasteiger partial charge in [0.05, 0.1) is 16.7 Å². The molecule has 4 aromatic rings. The smallest absolute Gasteiger partial charge is 0.341 e. The molecule has 0 bridgehead atoms. The summed E-state index contributed by atoms with van der Waals surface area (Å²) in [6.45, 7) is 2.43. The minimum Gasteiger partial charge on any atom is -0.508 e.